The molecule has 0 aliphatic rings. The lowest BCUT2D eigenvalue weighted by Gasteiger charge is -2.11. The summed E-state index contributed by atoms with van der Waals surface area (Å²) in [5.74, 6) is 0. The number of aromatic nitrogens is 1. The molecule has 19 heavy (non-hydrogen) atoms. The van der Waals surface area contributed by atoms with Gasteiger partial charge in [0.05, 0.1) is 6.04 Å². The Morgan fingerprint density at radius 1 is 1.00 bits per heavy atom. The molecule has 2 N–H and O–H groups in total. The van der Waals surface area contributed by atoms with Crippen LogP contribution in [0.5, 0.6) is 0 Å². The average Bonchev–Trinajstić information content (AvgIpc) is 2.77. The van der Waals surface area contributed by atoms with Crippen molar-refractivity contribution in [3.8, 4) is 0 Å². The van der Waals surface area contributed by atoms with Gasteiger partial charge in [0.15, 0.2) is 0 Å². The van der Waals surface area contributed by atoms with Crippen molar-refractivity contribution in [1.29, 1.82) is 0 Å². The summed E-state index contributed by atoms with van der Waals surface area (Å²) in [6.45, 7) is 2.09. The molecular weight excluding hydrogens is 232 g/mol. The van der Waals surface area contributed by atoms with Crippen LogP contribution < -0.4 is 5.73 Å². The van der Waals surface area contributed by atoms with Crippen molar-refractivity contribution in [3.05, 3.63) is 71.4 Å². The summed E-state index contributed by atoms with van der Waals surface area (Å²) in [6.07, 6.45) is 2.13. The van der Waals surface area contributed by atoms with Crippen molar-refractivity contribution in [2.24, 2.45) is 12.8 Å². The van der Waals surface area contributed by atoms with Crippen LogP contribution in [-0.4, -0.2) is 4.57 Å². The van der Waals surface area contributed by atoms with Crippen molar-refractivity contribution in [3.63, 3.8) is 0 Å². The Morgan fingerprint density at radius 3 is 2.42 bits per heavy atom. The Hall–Kier alpha value is -2.06. The molecule has 1 unspecified atom stereocenters. The SMILES string of the molecule is Cc1ccc(C(N)c2cn(C)c3ccccc23)cc1. The number of para-hydroxylation sites is 1. The number of nitrogens with zero attached hydrogens (tertiary/aromatic N) is 1. The fourth-order valence-corrected chi connectivity index (χ4v) is 2.57. The number of hydrogen-bond acceptors (Lipinski definition) is 1. The Bertz CT molecular complexity index is 708. The molecule has 0 spiro atoms. The Kier molecular flexibility index (Phi) is 2.88. The predicted octanol–water partition coefficient (Wildman–Crippen LogP) is 3.53. The fraction of sp³-hybridized carbons (Fsp3) is 0.176. The second kappa shape index (κ2) is 4.56. The summed E-state index contributed by atoms with van der Waals surface area (Å²) in [4.78, 5) is 0. The number of hydrogen-bond donors (Lipinski definition) is 1. The van der Waals surface area contributed by atoms with Gasteiger partial charge in [0.25, 0.3) is 0 Å². The molecule has 0 amide bonds. The van der Waals surface area contributed by atoms with Gasteiger partial charge < -0.3 is 10.3 Å². The molecule has 96 valence electrons. The van der Waals surface area contributed by atoms with Gasteiger partial charge in [-0.3, -0.25) is 0 Å². The van der Waals surface area contributed by atoms with Gasteiger partial charge in [-0.1, -0.05) is 48.0 Å². The first kappa shape index (κ1) is 12.0. The second-order valence-electron chi connectivity index (χ2n) is 5.10. The van der Waals surface area contributed by atoms with Gasteiger partial charge in [-0.15, -0.1) is 0 Å². The van der Waals surface area contributed by atoms with Crippen LogP contribution in [0.1, 0.15) is 22.7 Å². The number of fused-ring (bicyclic) bond motifs is 1. The lowest BCUT2D eigenvalue weighted by Crippen LogP contribution is -2.11. The first-order valence-corrected chi connectivity index (χ1v) is 6.53. The largest absolute Gasteiger partial charge is 0.350 e. The van der Waals surface area contributed by atoms with Gasteiger partial charge in [-0.25, -0.2) is 0 Å². The van der Waals surface area contributed by atoms with E-state index in [2.05, 4.69) is 73.3 Å². The molecule has 2 heteroatoms. The zero-order valence-corrected chi connectivity index (χ0v) is 11.3. The molecule has 1 aromatic heterocycles. The summed E-state index contributed by atoms with van der Waals surface area (Å²) in [7, 11) is 2.06. The van der Waals surface area contributed by atoms with E-state index in [1.54, 1.807) is 0 Å². The van der Waals surface area contributed by atoms with Crippen molar-refractivity contribution < 1.29 is 0 Å². The van der Waals surface area contributed by atoms with E-state index in [1.165, 1.54) is 22.0 Å². The fourth-order valence-electron chi connectivity index (χ4n) is 2.57. The lowest BCUT2D eigenvalue weighted by atomic mass is 9.98. The quantitative estimate of drug-likeness (QED) is 0.741. The van der Waals surface area contributed by atoms with Crippen LogP contribution in [0.2, 0.25) is 0 Å². The Morgan fingerprint density at radius 2 is 1.68 bits per heavy atom. The standard InChI is InChI=1S/C17H18N2/c1-12-7-9-13(10-8-12)17(18)15-11-19(2)16-6-4-3-5-14(15)16/h3-11,17H,18H2,1-2H3. The molecule has 0 fully saturated rings. The predicted molar refractivity (Wildman–Crippen MR) is 80.1 cm³/mol. The minimum absolute atomic E-state index is 0.0771. The zero-order valence-electron chi connectivity index (χ0n) is 11.3. The third-order valence-electron chi connectivity index (χ3n) is 3.70. The average molecular weight is 250 g/mol. The minimum atomic E-state index is -0.0771. The van der Waals surface area contributed by atoms with Crippen LogP contribution in [0.4, 0.5) is 0 Å². The maximum Gasteiger partial charge on any atom is 0.0572 e. The van der Waals surface area contributed by atoms with Gasteiger partial charge in [0, 0.05) is 24.1 Å². The van der Waals surface area contributed by atoms with Crippen LogP contribution in [0.15, 0.2) is 54.7 Å². The molecule has 0 bridgehead atoms. The topological polar surface area (TPSA) is 30.9 Å². The molecule has 0 aliphatic carbocycles. The van der Waals surface area contributed by atoms with Crippen LogP contribution in [0, 0.1) is 6.92 Å². The van der Waals surface area contributed by atoms with E-state index in [1.807, 2.05) is 0 Å². The molecule has 3 aromatic rings. The second-order valence-corrected chi connectivity index (χ2v) is 5.10. The van der Waals surface area contributed by atoms with Crippen LogP contribution in [0.3, 0.4) is 0 Å². The number of benzene rings is 2. The summed E-state index contributed by atoms with van der Waals surface area (Å²) in [5, 5.41) is 1.23. The highest BCUT2D eigenvalue weighted by Gasteiger charge is 2.14. The number of rotatable bonds is 2. The van der Waals surface area contributed by atoms with Crippen molar-refractivity contribution in [2.45, 2.75) is 13.0 Å². The smallest absolute Gasteiger partial charge is 0.0572 e. The molecule has 1 atom stereocenters. The highest BCUT2D eigenvalue weighted by molar-refractivity contribution is 5.84. The normalized spacial score (nSPS) is 12.8. The van der Waals surface area contributed by atoms with Crippen LogP contribution >= 0.6 is 0 Å². The zero-order chi connectivity index (χ0) is 13.4. The van der Waals surface area contributed by atoms with Crippen molar-refractivity contribution in [2.75, 3.05) is 0 Å². The summed E-state index contributed by atoms with van der Waals surface area (Å²) < 4.78 is 2.14. The first-order valence-electron chi connectivity index (χ1n) is 6.53. The van der Waals surface area contributed by atoms with E-state index in [4.69, 9.17) is 5.73 Å². The molecule has 0 saturated carbocycles. The first-order chi connectivity index (χ1) is 9.16. The molecule has 0 saturated heterocycles. The van der Waals surface area contributed by atoms with Crippen LogP contribution in [-0.2, 0) is 7.05 Å². The Labute approximate surface area is 113 Å². The van der Waals surface area contributed by atoms with Gasteiger partial charge in [-0.2, -0.15) is 0 Å². The van der Waals surface area contributed by atoms with E-state index in [0.717, 1.165) is 5.56 Å². The number of aryl methyl sites for hydroxylation is 2. The van der Waals surface area contributed by atoms with Crippen LogP contribution in [0.25, 0.3) is 10.9 Å². The third kappa shape index (κ3) is 2.04. The monoisotopic (exact) mass is 250 g/mol. The van der Waals surface area contributed by atoms with Crippen molar-refractivity contribution >= 4 is 10.9 Å². The summed E-state index contributed by atoms with van der Waals surface area (Å²) in [6, 6.07) is 16.8. The van der Waals surface area contributed by atoms with E-state index in [-0.39, 0.29) is 6.04 Å². The van der Waals surface area contributed by atoms with Gasteiger partial charge >= 0.3 is 0 Å². The van der Waals surface area contributed by atoms with Gasteiger partial charge in [0.1, 0.15) is 0 Å². The molecule has 0 aliphatic heterocycles. The summed E-state index contributed by atoms with van der Waals surface area (Å²) >= 11 is 0. The van der Waals surface area contributed by atoms with E-state index in [0.29, 0.717) is 0 Å². The third-order valence-corrected chi connectivity index (χ3v) is 3.70. The van der Waals surface area contributed by atoms with Gasteiger partial charge in [0.2, 0.25) is 0 Å². The minimum Gasteiger partial charge on any atom is -0.350 e. The molecular formula is C17H18N2. The highest BCUT2D eigenvalue weighted by atomic mass is 14.9. The molecule has 1 heterocycles. The highest BCUT2D eigenvalue weighted by Crippen LogP contribution is 2.28. The van der Waals surface area contributed by atoms with Gasteiger partial charge in [-0.05, 0) is 24.1 Å². The maximum atomic E-state index is 6.43. The molecule has 2 nitrogen and oxygen atoms in total. The Balaban J connectivity index is 2.11. The van der Waals surface area contributed by atoms with E-state index < -0.39 is 0 Å². The van der Waals surface area contributed by atoms with E-state index in [9.17, 15) is 0 Å². The maximum absolute atomic E-state index is 6.43. The number of nitrogens with two attached hydrogens (primary N) is 1. The molecule has 3 rings (SSSR count). The summed E-state index contributed by atoms with van der Waals surface area (Å²) in [5.41, 5.74) is 11.2. The molecule has 2 aromatic carbocycles. The van der Waals surface area contributed by atoms with Crippen molar-refractivity contribution in [1.82, 2.24) is 4.57 Å². The molecule has 0 radical (unpaired) electrons. The van der Waals surface area contributed by atoms with E-state index >= 15 is 0 Å². The lowest BCUT2D eigenvalue weighted by molar-refractivity contribution is 0.861.